The molecule has 0 fully saturated rings. The minimum absolute atomic E-state index is 0.0101. The number of esters is 1. The molecule has 0 bridgehead atoms. The number of aromatic hydroxyl groups is 2. The van der Waals surface area contributed by atoms with Crippen LogP contribution in [0.1, 0.15) is 24.2 Å². The fraction of sp³-hybridized carbons (Fsp3) is 0.200. The van der Waals surface area contributed by atoms with E-state index < -0.39 is 11.7 Å². The number of ether oxygens (including phenoxy) is 1. The molecule has 0 aliphatic heterocycles. The van der Waals surface area contributed by atoms with Gasteiger partial charge in [0.05, 0.1) is 5.56 Å². The summed E-state index contributed by atoms with van der Waals surface area (Å²) in [6.07, 6.45) is 0. The molecular formula is C10H10O5. The van der Waals surface area contributed by atoms with Gasteiger partial charge in [-0.2, -0.15) is 0 Å². The second kappa shape index (κ2) is 4.00. The van der Waals surface area contributed by atoms with Crippen LogP contribution in [0.25, 0.3) is 0 Å². The second-order valence-corrected chi connectivity index (χ2v) is 2.99. The Bertz CT molecular complexity index is 422. The van der Waals surface area contributed by atoms with Crippen LogP contribution in [0.3, 0.4) is 0 Å². The predicted octanol–water partition coefficient (Wildman–Crippen LogP) is 1.23. The highest BCUT2D eigenvalue weighted by atomic mass is 16.5. The molecule has 2 N–H and O–H groups in total. The highest BCUT2D eigenvalue weighted by Gasteiger charge is 2.13. The first-order valence-corrected chi connectivity index (χ1v) is 4.17. The van der Waals surface area contributed by atoms with Gasteiger partial charge in [-0.25, -0.2) is 0 Å². The summed E-state index contributed by atoms with van der Waals surface area (Å²) in [5.41, 5.74) is -0.0101. The third-order valence-electron chi connectivity index (χ3n) is 1.71. The van der Waals surface area contributed by atoms with Gasteiger partial charge in [0.25, 0.3) is 0 Å². The quantitative estimate of drug-likeness (QED) is 0.435. The summed E-state index contributed by atoms with van der Waals surface area (Å²) in [6.45, 7) is 2.42. The Balaban J connectivity index is 3.23. The molecule has 0 spiro atoms. The lowest BCUT2D eigenvalue weighted by atomic mass is 10.1. The molecule has 5 nitrogen and oxygen atoms in total. The van der Waals surface area contributed by atoms with Crippen LogP contribution in [-0.2, 0) is 4.79 Å². The first kappa shape index (κ1) is 11.0. The average molecular weight is 210 g/mol. The monoisotopic (exact) mass is 210 g/mol. The fourth-order valence-corrected chi connectivity index (χ4v) is 1.08. The van der Waals surface area contributed by atoms with E-state index in [0.29, 0.717) is 0 Å². The number of rotatable bonds is 2. The van der Waals surface area contributed by atoms with Crippen LogP contribution >= 0.6 is 0 Å². The molecule has 0 aromatic heterocycles. The van der Waals surface area contributed by atoms with Crippen LogP contribution in [0, 0.1) is 0 Å². The number of hydrogen-bond acceptors (Lipinski definition) is 5. The van der Waals surface area contributed by atoms with E-state index in [0.717, 1.165) is 12.1 Å². The highest BCUT2D eigenvalue weighted by Crippen LogP contribution is 2.33. The van der Waals surface area contributed by atoms with Crippen molar-refractivity contribution in [2.24, 2.45) is 0 Å². The van der Waals surface area contributed by atoms with Gasteiger partial charge in [-0.3, -0.25) is 9.59 Å². The predicted molar refractivity (Wildman–Crippen MR) is 51.1 cm³/mol. The summed E-state index contributed by atoms with van der Waals surface area (Å²) in [4.78, 5) is 21.7. The normalized spacial score (nSPS) is 9.73. The van der Waals surface area contributed by atoms with Crippen molar-refractivity contribution in [3.8, 4) is 17.2 Å². The Kier molecular flexibility index (Phi) is 2.94. The van der Waals surface area contributed by atoms with Crippen molar-refractivity contribution in [3.05, 3.63) is 17.7 Å². The van der Waals surface area contributed by atoms with Gasteiger partial charge in [0.1, 0.15) is 5.75 Å². The highest BCUT2D eigenvalue weighted by molar-refractivity contribution is 5.97. The molecule has 15 heavy (non-hydrogen) atoms. The van der Waals surface area contributed by atoms with Gasteiger partial charge in [-0.05, 0) is 13.0 Å². The molecule has 1 rings (SSSR count). The van der Waals surface area contributed by atoms with Gasteiger partial charge in [-0.1, -0.05) is 0 Å². The van der Waals surface area contributed by atoms with E-state index >= 15 is 0 Å². The van der Waals surface area contributed by atoms with Gasteiger partial charge in [-0.15, -0.1) is 0 Å². The summed E-state index contributed by atoms with van der Waals surface area (Å²) < 4.78 is 4.64. The molecule has 1 aromatic carbocycles. The van der Waals surface area contributed by atoms with E-state index in [9.17, 15) is 19.8 Å². The molecule has 5 heteroatoms. The standard InChI is InChI=1S/C10H10O5/c1-5(11)7-3-10(15-6(2)12)9(14)4-8(7)13/h3-4,13-14H,1-2H3. The van der Waals surface area contributed by atoms with Gasteiger partial charge < -0.3 is 14.9 Å². The van der Waals surface area contributed by atoms with Crippen LogP contribution in [0.5, 0.6) is 17.2 Å². The number of ketones is 1. The van der Waals surface area contributed by atoms with E-state index in [1.807, 2.05) is 0 Å². The maximum Gasteiger partial charge on any atom is 0.308 e. The lowest BCUT2D eigenvalue weighted by Gasteiger charge is -2.07. The van der Waals surface area contributed by atoms with E-state index in [-0.39, 0.29) is 22.8 Å². The third kappa shape index (κ3) is 2.46. The smallest absolute Gasteiger partial charge is 0.308 e. The maximum atomic E-state index is 11.0. The molecule has 0 aliphatic rings. The van der Waals surface area contributed by atoms with Crippen molar-refractivity contribution in [2.45, 2.75) is 13.8 Å². The first-order chi connectivity index (χ1) is 6.91. The van der Waals surface area contributed by atoms with E-state index in [1.54, 1.807) is 0 Å². The van der Waals surface area contributed by atoms with Crippen molar-refractivity contribution < 1.29 is 24.5 Å². The molecule has 0 amide bonds. The van der Waals surface area contributed by atoms with Gasteiger partial charge in [0, 0.05) is 13.0 Å². The molecular weight excluding hydrogens is 200 g/mol. The van der Waals surface area contributed by atoms with Crippen LogP contribution in [0.2, 0.25) is 0 Å². The van der Waals surface area contributed by atoms with Crippen LogP contribution in [0.4, 0.5) is 0 Å². The number of hydrogen-bond donors (Lipinski definition) is 2. The largest absolute Gasteiger partial charge is 0.507 e. The van der Waals surface area contributed by atoms with E-state index in [4.69, 9.17) is 0 Å². The molecule has 0 unspecified atom stereocenters. The second-order valence-electron chi connectivity index (χ2n) is 2.99. The first-order valence-electron chi connectivity index (χ1n) is 4.17. The van der Waals surface area contributed by atoms with E-state index in [2.05, 4.69) is 4.74 Å². The Morgan fingerprint density at radius 1 is 1.13 bits per heavy atom. The van der Waals surface area contributed by atoms with Crippen molar-refractivity contribution in [2.75, 3.05) is 0 Å². The zero-order chi connectivity index (χ0) is 11.6. The zero-order valence-corrected chi connectivity index (χ0v) is 8.27. The van der Waals surface area contributed by atoms with E-state index in [1.165, 1.54) is 13.8 Å². The zero-order valence-electron chi connectivity index (χ0n) is 8.27. The third-order valence-corrected chi connectivity index (χ3v) is 1.71. The Labute approximate surface area is 85.9 Å². The molecule has 0 heterocycles. The fourth-order valence-electron chi connectivity index (χ4n) is 1.08. The van der Waals surface area contributed by atoms with Crippen molar-refractivity contribution in [1.82, 2.24) is 0 Å². The molecule has 0 aliphatic carbocycles. The van der Waals surface area contributed by atoms with Gasteiger partial charge in [0.15, 0.2) is 17.3 Å². The minimum atomic E-state index is -0.620. The molecule has 0 atom stereocenters. The lowest BCUT2D eigenvalue weighted by Crippen LogP contribution is -2.03. The number of carbonyl (C=O) groups is 2. The van der Waals surface area contributed by atoms with Gasteiger partial charge >= 0.3 is 5.97 Å². The average Bonchev–Trinajstić information content (AvgIpc) is 2.08. The molecule has 0 saturated carbocycles. The topological polar surface area (TPSA) is 83.8 Å². The van der Waals surface area contributed by atoms with Crippen molar-refractivity contribution >= 4 is 11.8 Å². The summed E-state index contributed by atoms with van der Waals surface area (Å²) in [7, 11) is 0. The summed E-state index contributed by atoms with van der Waals surface area (Å²) in [5, 5.41) is 18.6. The lowest BCUT2D eigenvalue weighted by molar-refractivity contribution is -0.132. The van der Waals surface area contributed by atoms with Gasteiger partial charge in [0.2, 0.25) is 0 Å². The summed E-state index contributed by atoms with van der Waals surface area (Å²) in [5.74, 6) is -1.90. The van der Waals surface area contributed by atoms with Crippen molar-refractivity contribution in [3.63, 3.8) is 0 Å². The molecule has 80 valence electrons. The SMILES string of the molecule is CC(=O)Oc1cc(C(C)=O)c(O)cc1O. The Hall–Kier alpha value is -2.04. The molecule has 0 radical (unpaired) electrons. The number of phenolic OH excluding ortho intramolecular Hbond substituents is 2. The number of Topliss-reactive ketones (excluding diaryl/α,β-unsaturated/α-hetero) is 1. The molecule has 0 saturated heterocycles. The minimum Gasteiger partial charge on any atom is -0.507 e. The summed E-state index contributed by atoms with van der Waals surface area (Å²) >= 11 is 0. The van der Waals surface area contributed by atoms with Crippen LogP contribution < -0.4 is 4.74 Å². The number of carbonyl (C=O) groups excluding carboxylic acids is 2. The van der Waals surface area contributed by atoms with Crippen LogP contribution in [-0.4, -0.2) is 22.0 Å². The number of phenols is 2. The maximum absolute atomic E-state index is 11.0. The Morgan fingerprint density at radius 2 is 1.73 bits per heavy atom. The van der Waals surface area contributed by atoms with Crippen molar-refractivity contribution in [1.29, 1.82) is 0 Å². The number of benzene rings is 1. The Morgan fingerprint density at radius 3 is 2.20 bits per heavy atom. The summed E-state index contributed by atoms with van der Waals surface area (Å²) in [6, 6.07) is 2.07. The molecule has 1 aromatic rings. The van der Waals surface area contributed by atoms with Crippen LogP contribution in [0.15, 0.2) is 12.1 Å².